The summed E-state index contributed by atoms with van der Waals surface area (Å²) in [5.74, 6) is -0.453. The van der Waals surface area contributed by atoms with Crippen molar-refractivity contribution in [1.29, 1.82) is 0 Å². The van der Waals surface area contributed by atoms with Crippen molar-refractivity contribution in [3.05, 3.63) is 27.8 Å². The van der Waals surface area contributed by atoms with Gasteiger partial charge in [-0.25, -0.2) is 4.79 Å². The number of carbonyl (C=O) groups is 2. The van der Waals surface area contributed by atoms with Crippen LogP contribution in [0.2, 0.25) is 0 Å². The van der Waals surface area contributed by atoms with E-state index in [1.165, 1.54) is 0 Å². The van der Waals surface area contributed by atoms with Gasteiger partial charge in [0.05, 0.1) is 6.61 Å². The molecule has 1 rings (SSSR count). The van der Waals surface area contributed by atoms with Gasteiger partial charge in [0.25, 0.3) is 0 Å². The summed E-state index contributed by atoms with van der Waals surface area (Å²) in [5.41, 5.74) is 0.679. The van der Waals surface area contributed by atoms with Crippen molar-refractivity contribution in [3.63, 3.8) is 0 Å². The maximum Gasteiger partial charge on any atom is 0.325 e. The summed E-state index contributed by atoms with van der Waals surface area (Å²) in [4.78, 5) is 22.4. The van der Waals surface area contributed by atoms with Gasteiger partial charge in [0.15, 0.2) is 0 Å². The van der Waals surface area contributed by atoms with Gasteiger partial charge in [-0.2, -0.15) is 0 Å². The Bertz CT molecular complexity index is 409. The molecular formula is C11H13IN2O3. The van der Waals surface area contributed by atoms with Crippen LogP contribution in [-0.4, -0.2) is 25.2 Å². The largest absolute Gasteiger partial charge is 0.465 e. The second-order valence-electron chi connectivity index (χ2n) is 3.12. The fourth-order valence-electron chi connectivity index (χ4n) is 1.11. The molecule has 6 heteroatoms. The number of nitrogens with one attached hydrogen (secondary N) is 2. The summed E-state index contributed by atoms with van der Waals surface area (Å²) in [5, 5.41) is 5.03. The predicted molar refractivity (Wildman–Crippen MR) is 72.8 cm³/mol. The third-order valence-electron chi connectivity index (χ3n) is 1.78. The van der Waals surface area contributed by atoms with Crippen molar-refractivity contribution >= 4 is 40.3 Å². The average molecular weight is 348 g/mol. The molecule has 2 N–H and O–H groups in total. The van der Waals surface area contributed by atoms with Crippen molar-refractivity contribution in [2.45, 2.75) is 6.92 Å². The standard InChI is InChI=1S/C11H13IN2O3/c1-2-17-10(15)7-13-11(16)14-9-5-3-4-8(12)6-9/h3-6H,2,7H2,1H3,(H2,13,14,16). The van der Waals surface area contributed by atoms with Crippen LogP contribution in [0.5, 0.6) is 0 Å². The van der Waals surface area contributed by atoms with Gasteiger partial charge in [-0.1, -0.05) is 6.07 Å². The van der Waals surface area contributed by atoms with E-state index in [2.05, 4.69) is 38.0 Å². The first kappa shape index (κ1) is 13.8. The van der Waals surface area contributed by atoms with E-state index in [9.17, 15) is 9.59 Å². The maximum atomic E-state index is 11.4. The minimum atomic E-state index is -0.453. The molecule has 0 fully saturated rings. The summed E-state index contributed by atoms with van der Waals surface area (Å²) < 4.78 is 5.70. The molecule has 0 unspecified atom stereocenters. The lowest BCUT2D eigenvalue weighted by molar-refractivity contribution is -0.141. The minimum Gasteiger partial charge on any atom is -0.465 e. The van der Waals surface area contributed by atoms with Gasteiger partial charge in [-0.05, 0) is 47.7 Å². The van der Waals surface area contributed by atoms with Crippen molar-refractivity contribution in [2.75, 3.05) is 18.5 Å². The molecule has 0 atom stereocenters. The molecule has 0 saturated heterocycles. The first-order valence-corrected chi connectivity index (χ1v) is 6.15. The number of hydrogen-bond donors (Lipinski definition) is 2. The van der Waals surface area contributed by atoms with E-state index in [-0.39, 0.29) is 6.54 Å². The number of urea groups is 1. The summed E-state index contributed by atoms with van der Waals surface area (Å²) in [7, 11) is 0. The zero-order valence-corrected chi connectivity index (χ0v) is 11.5. The molecule has 0 radical (unpaired) electrons. The Morgan fingerprint density at radius 2 is 2.18 bits per heavy atom. The van der Waals surface area contributed by atoms with E-state index < -0.39 is 12.0 Å². The third-order valence-corrected chi connectivity index (χ3v) is 2.45. The van der Waals surface area contributed by atoms with E-state index in [4.69, 9.17) is 0 Å². The Morgan fingerprint density at radius 1 is 1.41 bits per heavy atom. The summed E-state index contributed by atoms with van der Waals surface area (Å²) in [6.07, 6.45) is 0. The van der Waals surface area contributed by atoms with E-state index in [1.807, 2.05) is 18.2 Å². The van der Waals surface area contributed by atoms with Gasteiger partial charge in [0.2, 0.25) is 0 Å². The molecule has 92 valence electrons. The Labute approximate surface area is 113 Å². The monoisotopic (exact) mass is 348 g/mol. The smallest absolute Gasteiger partial charge is 0.325 e. The Kier molecular flexibility index (Phi) is 5.75. The highest BCUT2D eigenvalue weighted by Crippen LogP contribution is 2.11. The minimum absolute atomic E-state index is 0.135. The number of carbonyl (C=O) groups excluding carboxylic acids is 2. The molecule has 0 spiro atoms. The molecule has 1 aromatic rings. The Morgan fingerprint density at radius 3 is 2.82 bits per heavy atom. The van der Waals surface area contributed by atoms with E-state index in [0.29, 0.717) is 12.3 Å². The number of benzene rings is 1. The van der Waals surface area contributed by atoms with Crippen LogP contribution in [0.4, 0.5) is 10.5 Å². The third kappa shape index (κ3) is 5.53. The highest BCUT2D eigenvalue weighted by molar-refractivity contribution is 14.1. The molecule has 1 aromatic carbocycles. The molecule has 2 amide bonds. The van der Waals surface area contributed by atoms with Crippen molar-refractivity contribution in [1.82, 2.24) is 5.32 Å². The number of ether oxygens (including phenoxy) is 1. The highest BCUT2D eigenvalue weighted by atomic mass is 127. The van der Waals surface area contributed by atoms with Crippen LogP contribution in [0, 0.1) is 3.57 Å². The number of anilines is 1. The molecule has 5 nitrogen and oxygen atoms in total. The first-order valence-electron chi connectivity index (χ1n) is 5.08. The predicted octanol–water partition coefficient (Wildman–Crippen LogP) is 1.98. The van der Waals surface area contributed by atoms with E-state index in [0.717, 1.165) is 3.57 Å². The Balaban J connectivity index is 2.37. The molecule has 0 aliphatic rings. The van der Waals surface area contributed by atoms with Crippen LogP contribution >= 0.6 is 22.6 Å². The summed E-state index contributed by atoms with van der Waals surface area (Å²) in [6.45, 7) is 1.88. The second-order valence-corrected chi connectivity index (χ2v) is 4.37. The topological polar surface area (TPSA) is 67.4 Å². The maximum absolute atomic E-state index is 11.4. The summed E-state index contributed by atoms with van der Waals surface area (Å²) in [6, 6.07) is 6.92. The molecule has 0 heterocycles. The molecule has 0 aliphatic carbocycles. The second kappa shape index (κ2) is 7.10. The van der Waals surface area contributed by atoms with Crippen molar-refractivity contribution in [3.8, 4) is 0 Å². The Hall–Kier alpha value is -1.31. The van der Waals surface area contributed by atoms with E-state index >= 15 is 0 Å². The quantitative estimate of drug-likeness (QED) is 0.646. The molecule has 0 bridgehead atoms. The van der Waals surface area contributed by atoms with Crippen LogP contribution in [-0.2, 0) is 9.53 Å². The number of halogens is 1. The fraction of sp³-hybridized carbons (Fsp3) is 0.273. The van der Waals surface area contributed by atoms with Crippen LogP contribution < -0.4 is 10.6 Å². The zero-order chi connectivity index (χ0) is 12.7. The number of amides is 2. The number of hydrogen-bond acceptors (Lipinski definition) is 3. The van der Waals surface area contributed by atoms with Crippen molar-refractivity contribution < 1.29 is 14.3 Å². The summed E-state index contributed by atoms with van der Waals surface area (Å²) >= 11 is 2.15. The van der Waals surface area contributed by atoms with Gasteiger partial charge in [-0.15, -0.1) is 0 Å². The molecular weight excluding hydrogens is 335 g/mol. The lowest BCUT2D eigenvalue weighted by atomic mass is 10.3. The number of rotatable bonds is 4. The molecule has 17 heavy (non-hydrogen) atoms. The number of esters is 1. The first-order chi connectivity index (χ1) is 8.11. The molecule has 0 saturated carbocycles. The van der Waals surface area contributed by atoms with Crippen LogP contribution in [0.15, 0.2) is 24.3 Å². The van der Waals surface area contributed by atoms with Crippen LogP contribution in [0.1, 0.15) is 6.92 Å². The van der Waals surface area contributed by atoms with Crippen LogP contribution in [0.3, 0.4) is 0 Å². The molecule has 0 aliphatic heterocycles. The van der Waals surface area contributed by atoms with Gasteiger partial charge in [0, 0.05) is 9.26 Å². The normalized spacial score (nSPS) is 9.53. The van der Waals surface area contributed by atoms with Crippen molar-refractivity contribution in [2.24, 2.45) is 0 Å². The van der Waals surface area contributed by atoms with Gasteiger partial charge in [0.1, 0.15) is 6.54 Å². The lowest BCUT2D eigenvalue weighted by Gasteiger charge is -2.07. The van der Waals surface area contributed by atoms with Gasteiger partial charge >= 0.3 is 12.0 Å². The lowest BCUT2D eigenvalue weighted by Crippen LogP contribution is -2.34. The van der Waals surface area contributed by atoms with Crippen LogP contribution in [0.25, 0.3) is 0 Å². The SMILES string of the molecule is CCOC(=O)CNC(=O)Nc1cccc(I)c1. The highest BCUT2D eigenvalue weighted by Gasteiger charge is 2.05. The molecule has 0 aromatic heterocycles. The van der Waals surface area contributed by atoms with E-state index in [1.54, 1.807) is 13.0 Å². The average Bonchev–Trinajstić information content (AvgIpc) is 2.27. The zero-order valence-electron chi connectivity index (χ0n) is 9.33. The van der Waals surface area contributed by atoms with Gasteiger partial charge in [-0.3, -0.25) is 4.79 Å². The van der Waals surface area contributed by atoms with Gasteiger partial charge < -0.3 is 15.4 Å². The fourth-order valence-corrected chi connectivity index (χ4v) is 1.65.